The van der Waals surface area contributed by atoms with E-state index in [1.54, 1.807) is 31.2 Å². The SMILES string of the molecule is CCOC(=O)/C(C(=O)c1ccccc1)=C1\CCC(C)N1C. The molecule has 4 nitrogen and oxygen atoms in total. The fourth-order valence-corrected chi connectivity index (χ4v) is 2.56. The highest BCUT2D eigenvalue weighted by molar-refractivity contribution is 6.24. The normalized spacial score (nSPS) is 20.3. The summed E-state index contributed by atoms with van der Waals surface area (Å²) in [5.74, 6) is -0.785. The molecule has 1 aromatic rings. The second kappa shape index (κ2) is 6.57. The fourth-order valence-electron chi connectivity index (χ4n) is 2.56. The number of ketones is 1. The number of rotatable bonds is 4. The maximum absolute atomic E-state index is 12.7. The monoisotopic (exact) mass is 287 g/mol. The molecule has 1 aliphatic rings. The molecule has 1 aliphatic heterocycles. The number of carbonyl (C=O) groups excluding carboxylic acids is 2. The van der Waals surface area contributed by atoms with Gasteiger partial charge in [0.25, 0.3) is 0 Å². The Bertz CT molecular complexity index is 563. The van der Waals surface area contributed by atoms with Crippen LogP contribution in [0.15, 0.2) is 41.6 Å². The largest absolute Gasteiger partial charge is 0.462 e. The Morgan fingerprint density at radius 3 is 2.48 bits per heavy atom. The first kappa shape index (κ1) is 15.3. The van der Waals surface area contributed by atoms with Crippen LogP contribution in [-0.4, -0.2) is 36.3 Å². The first-order chi connectivity index (χ1) is 10.1. The summed E-state index contributed by atoms with van der Waals surface area (Å²) < 4.78 is 5.10. The molecule has 21 heavy (non-hydrogen) atoms. The summed E-state index contributed by atoms with van der Waals surface area (Å²) in [7, 11) is 1.92. The van der Waals surface area contributed by atoms with Crippen molar-refractivity contribution in [3.05, 3.63) is 47.2 Å². The van der Waals surface area contributed by atoms with Crippen molar-refractivity contribution < 1.29 is 14.3 Å². The molecule has 0 N–H and O–H groups in total. The van der Waals surface area contributed by atoms with Gasteiger partial charge in [0.2, 0.25) is 5.78 Å². The Morgan fingerprint density at radius 2 is 1.95 bits per heavy atom. The van der Waals surface area contributed by atoms with Crippen molar-refractivity contribution in [2.24, 2.45) is 0 Å². The topological polar surface area (TPSA) is 46.6 Å². The molecule has 1 fully saturated rings. The third kappa shape index (κ3) is 3.15. The van der Waals surface area contributed by atoms with Gasteiger partial charge in [-0.3, -0.25) is 4.79 Å². The van der Waals surface area contributed by atoms with Gasteiger partial charge in [0, 0.05) is 24.4 Å². The highest BCUT2D eigenvalue weighted by atomic mass is 16.5. The number of hydrogen-bond acceptors (Lipinski definition) is 4. The van der Waals surface area contributed by atoms with E-state index < -0.39 is 5.97 Å². The summed E-state index contributed by atoms with van der Waals surface area (Å²) in [5.41, 5.74) is 1.48. The van der Waals surface area contributed by atoms with E-state index in [2.05, 4.69) is 6.92 Å². The van der Waals surface area contributed by atoms with E-state index in [9.17, 15) is 9.59 Å². The molecule has 0 bridgehead atoms. The van der Waals surface area contributed by atoms with Crippen LogP contribution in [0.25, 0.3) is 0 Å². The van der Waals surface area contributed by atoms with Crippen molar-refractivity contribution in [2.45, 2.75) is 32.7 Å². The van der Waals surface area contributed by atoms with Gasteiger partial charge < -0.3 is 9.64 Å². The van der Waals surface area contributed by atoms with Crippen LogP contribution >= 0.6 is 0 Å². The Morgan fingerprint density at radius 1 is 1.29 bits per heavy atom. The maximum atomic E-state index is 12.7. The van der Waals surface area contributed by atoms with Gasteiger partial charge in [-0.25, -0.2) is 4.79 Å². The van der Waals surface area contributed by atoms with Crippen LogP contribution in [0.4, 0.5) is 0 Å². The molecule has 0 amide bonds. The van der Waals surface area contributed by atoms with Crippen LogP contribution < -0.4 is 0 Å². The molecule has 1 unspecified atom stereocenters. The van der Waals surface area contributed by atoms with Crippen LogP contribution in [0.1, 0.15) is 37.0 Å². The molecule has 2 rings (SSSR count). The molecule has 0 saturated carbocycles. The van der Waals surface area contributed by atoms with Crippen molar-refractivity contribution >= 4 is 11.8 Å². The standard InChI is InChI=1S/C17H21NO3/c1-4-21-17(20)15(14-11-10-12(2)18(14)3)16(19)13-8-6-5-7-9-13/h5-9,12H,4,10-11H2,1-3H3/b15-14+. The lowest BCUT2D eigenvalue weighted by molar-refractivity contribution is -0.138. The van der Waals surface area contributed by atoms with E-state index in [4.69, 9.17) is 4.74 Å². The van der Waals surface area contributed by atoms with Crippen molar-refractivity contribution in [2.75, 3.05) is 13.7 Å². The number of likely N-dealkylation sites (tertiary alicyclic amines) is 1. The third-order valence-corrected chi connectivity index (χ3v) is 3.92. The number of esters is 1. The summed E-state index contributed by atoms with van der Waals surface area (Å²) in [5, 5.41) is 0. The zero-order valence-corrected chi connectivity index (χ0v) is 12.8. The van der Waals surface area contributed by atoms with Crippen LogP contribution in [0, 0.1) is 0 Å². The third-order valence-electron chi connectivity index (χ3n) is 3.92. The molecule has 0 spiro atoms. The number of nitrogens with zero attached hydrogens (tertiary/aromatic N) is 1. The summed E-state index contributed by atoms with van der Waals surface area (Å²) >= 11 is 0. The van der Waals surface area contributed by atoms with E-state index in [1.807, 2.05) is 18.0 Å². The lowest BCUT2D eigenvalue weighted by atomic mass is 10.0. The number of ether oxygens (including phenoxy) is 1. The van der Waals surface area contributed by atoms with Crippen molar-refractivity contribution in [3.8, 4) is 0 Å². The quantitative estimate of drug-likeness (QED) is 0.281. The van der Waals surface area contributed by atoms with E-state index in [0.29, 0.717) is 11.6 Å². The van der Waals surface area contributed by atoms with Gasteiger partial charge in [-0.05, 0) is 26.7 Å². The first-order valence-corrected chi connectivity index (χ1v) is 7.29. The van der Waals surface area contributed by atoms with E-state index in [0.717, 1.165) is 18.5 Å². The number of allylic oxidation sites excluding steroid dienone is 1. The van der Waals surface area contributed by atoms with Gasteiger partial charge in [0.05, 0.1) is 6.61 Å². The van der Waals surface area contributed by atoms with Crippen LogP contribution in [0.3, 0.4) is 0 Å². The van der Waals surface area contributed by atoms with Crippen molar-refractivity contribution in [1.82, 2.24) is 4.90 Å². The molecule has 1 aromatic carbocycles. The molecule has 1 heterocycles. The average molecular weight is 287 g/mol. The van der Waals surface area contributed by atoms with E-state index in [1.165, 1.54) is 0 Å². The number of benzene rings is 1. The molecule has 1 saturated heterocycles. The first-order valence-electron chi connectivity index (χ1n) is 7.29. The van der Waals surface area contributed by atoms with Crippen LogP contribution in [-0.2, 0) is 9.53 Å². The van der Waals surface area contributed by atoms with Crippen LogP contribution in [0.5, 0.6) is 0 Å². The minimum absolute atomic E-state index is 0.176. The molecule has 1 atom stereocenters. The van der Waals surface area contributed by atoms with Gasteiger partial charge in [-0.2, -0.15) is 0 Å². The molecular weight excluding hydrogens is 266 g/mol. The maximum Gasteiger partial charge on any atom is 0.343 e. The number of Topliss-reactive ketones (excluding diaryl/α,β-unsaturated/α-hetero) is 1. The average Bonchev–Trinajstić information content (AvgIpc) is 2.81. The lowest BCUT2D eigenvalue weighted by Gasteiger charge is -2.21. The highest BCUT2D eigenvalue weighted by Gasteiger charge is 2.32. The second-order valence-corrected chi connectivity index (χ2v) is 5.24. The fraction of sp³-hybridized carbons (Fsp3) is 0.412. The Kier molecular flexibility index (Phi) is 4.78. The lowest BCUT2D eigenvalue weighted by Crippen LogP contribution is -2.26. The highest BCUT2D eigenvalue weighted by Crippen LogP contribution is 2.29. The van der Waals surface area contributed by atoms with Gasteiger partial charge in [0.1, 0.15) is 5.57 Å². The summed E-state index contributed by atoms with van der Waals surface area (Å²) in [4.78, 5) is 27.0. The minimum atomic E-state index is -0.526. The number of hydrogen-bond donors (Lipinski definition) is 0. The molecule has 0 aliphatic carbocycles. The Labute approximate surface area is 125 Å². The predicted octanol–water partition coefficient (Wildman–Crippen LogP) is 2.80. The zero-order chi connectivity index (χ0) is 15.4. The van der Waals surface area contributed by atoms with E-state index >= 15 is 0 Å². The molecule has 0 aromatic heterocycles. The predicted molar refractivity (Wildman–Crippen MR) is 80.9 cm³/mol. The Balaban J connectivity index is 2.45. The van der Waals surface area contributed by atoms with E-state index in [-0.39, 0.29) is 18.0 Å². The van der Waals surface area contributed by atoms with Gasteiger partial charge in [-0.15, -0.1) is 0 Å². The minimum Gasteiger partial charge on any atom is -0.462 e. The Hall–Kier alpha value is -2.10. The van der Waals surface area contributed by atoms with Crippen molar-refractivity contribution in [3.63, 3.8) is 0 Å². The molecule has 0 radical (unpaired) electrons. The summed E-state index contributed by atoms with van der Waals surface area (Å²) in [6.45, 7) is 4.09. The van der Waals surface area contributed by atoms with Crippen molar-refractivity contribution in [1.29, 1.82) is 0 Å². The summed E-state index contributed by atoms with van der Waals surface area (Å²) in [6, 6.07) is 9.20. The van der Waals surface area contributed by atoms with Crippen LogP contribution in [0.2, 0.25) is 0 Å². The molecule has 4 heteroatoms. The van der Waals surface area contributed by atoms with Gasteiger partial charge in [-0.1, -0.05) is 30.3 Å². The zero-order valence-electron chi connectivity index (χ0n) is 12.8. The molecular formula is C17H21NO3. The molecule has 112 valence electrons. The number of carbonyl (C=O) groups is 2. The smallest absolute Gasteiger partial charge is 0.343 e. The van der Waals surface area contributed by atoms with Gasteiger partial charge in [0.15, 0.2) is 0 Å². The second-order valence-electron chi connectivity index (χ2n) is 5.24. The van der Waals surface area contributed by atoms with Gasteiger partial charge >= 0.3 is 5.97 Å². The summed E-state index contributed by atoms with van der Waals surface area (Å²) in [6.07, 6.45) is 1.67.